The van der Waals surface area contributed by atoms with Gasteiger partial charge >= 0.3 is 0 Å². The molecular weight excluding hydrogens is 248 g/mol. The first-order valence-corrected chi connectivity index (χ1v) is 5.07. The van der Waals surface area contributed by atoms with Crippen molar-refractivity contribution in [3.05, 3.63) is 64.4 Å². The number of aromatic nitrogens is 1. The lowest BCUT2D eigenvalue weighted by Gasteiger charge is -2.02. The van der Waals surface area contributed by atoms with Crippen LogP contribution in [0, 0.1) is 11.6 Å². The zero-order chi connectivity index (χ0) is 12.4. The molecule has 1 heterocycles. The lowest BCUT2D eigenvalue weighted by Crippen LogP contribution is -2.05. The van der Waals surface area contributed by atoms with Crippen LogP contribution in [-0.4, -0.2) is 10.8 Å². The maximum Gasteiger partial charge on any atom is 0.212 e. The molecule has 5 heteroatoms. The minimum atomic E-state index is -1.08. The summed E-state index contributed by atoms with van der Waals surface area (Å²) in [6.07, 6.45) is 1.40. The number of carbonyl (C=O) groups excluding carboxylic acids is 1. The largest absolute Gasteiger partial charge is 0.287 e. The first kappa shape index (κ1) is 11.7. The Labute approximate surface area is 101 Å². The van der Waals surface area contributed by atoms with Crippen LogP contribution < -0.4 is 0 Å². The number of ketones is 1. The summed E-state index contributed by atoms with van der Waals surface area (Å²) in [6.45, 7) is 0. The fourth-order valence-electron chi connectivity index (χ4n) is 1.33. The predicted octanol–water partition coefficient (Wildman–Crippen LogP) is 3.24. The molecule has 1 aromatic carbocycles. The summed E-state index contributed by atoms with van der Waals surface area (Å²) in [7, 11) is 0. The highest BCUT2D eigenvalue weighted by Crippen LogP contribution is 2.18. The van der Waals surface area contributed by atoms with Gasteiger partial charge in [-0.1, -0.05) is 11.6 Å². The van der Waals surface area contributed by atoms with Gasteiger partial charge in [0.1, 0.15) is 5.69 Å². The molecule has 86 valence electrons. The maximum absolute atomic E-state index is 13.0. The van der Waals surface area contributed by atoms with Gasteiger partial charge in [0.05, 0.1) is 5.02 Å². The van der Waals surface area contributed by atoms with Crippen LogP contribution in [0.2, 0.25) is 5.02 Å². The molecule has 0 fully saturated rings. The topological polar surface area (TPSA) is 30.0 Å². The highest BCUT2D eigenvalue weighted by atomic mass is 35.5. The summed E-state index contributed by atoms with van der Waals surface area (Å²) in [5.41, 5.74) is 0.0182. The van der Waals surface area contributed by atoms with Gasteiger partial charge in [0, 0.05) is 11.8 Å². The SMILES string of the molecule is O=C(c1ccc(F)c(F)c1)c1ncccc1Cl. The molecule has 2 rings (SSSR count). The second-order valence-corrected chi connectivity index (χ2v) is 3.70. The number of rotatable bonds is 2. The van der Waals surface area contributed by atoms with Crippen molar-refractivity contribution in [1.82, 2.24) is 4.98 Å². The predicted molar refractivity (Wildman–Crippen MR) is 59.0 cm³/mol. The zero-order valence-electron chi connectivity index (χ0n) is 8.45. The minimum absolute atomic E-state index is 0.00417. The van der Waals surface area contributed by atoms with E-state index >= 15 is 0 Å². The smallest absolute Gasteiger partial charge is 0.212 e. The molecule has 0 aliphatic rings. The molecule has 0 unspecified atom stereocenters. The summed E-state index contributed by atoms with van der Waals surface area (Å²) in [5.74, 6) is -2.63. The first-order chi connectivity index (χ1) is 8.09. The molecule has 0 aliphatic heterocycles. The van der Waals surface area contributed by atoms with Crippen molar-refractivity contribution in [3.63, 3.8) is 0 Å². The van der Waals surface area contributed by atoms with E-state index in [4.69, 9.17) is 11.6 Å². The summed E-state index contributed by atoms with van der Waals surface area (Å²) in [5, 5.41) is 0.169. The molecule has 1 aromatic heterocycles. The second-order valence-electron chi connectivity index (χ2n) is 3.29. The Morgan fingerprint density at radius 2 is 1.94 bits per heavy atom. The van der Waals surface area contributed by atoms with Gasteiger partial charge in [-0.3, -0.25) is 9.78 Å². The molecule has 0 aliphatic carbocycles. The Kier molecular flexibility index (Phi) is 3.15. The average molecular weight is 254 g/mol. The lowest BCUT2D eigenvalue weighted by molar-refractivity contribution is 0.103. The highest BCUT2D eigenvalue weighted by molar-refractivity contribution is 6.34. The van der Waals surface area contributed by atoms with Crippen molar-refractivity contribution in [3.8, 4) is 0 Å². The van der Waals surface area contributed by atoms with Gasteiger partial charge < -0.3 is 0 Å². The fourth-order valence-corrected chi connectivity index (χ4v) is 1.53. The number of halogens is 3. The number of carbonyl (C=O) groups is 1. The molecule has 0 saturated heterocycles. The van der Waals surface area contributed by atoms with E-state index in [0.29, 0.717) is 0 Å². The molecule has 17 heavy (non-hydrogen) atoms. The van der Waals surface area contributed by atoms with Gasteiger partial charge in [0.25, 0.3) is 0 Å². The molecule has 2 nitrogen and oxygen atoms in total. The molecule has 2 aromatic rings. The van der Waals surface area contributed by atoms with Gasteiger partial charge in [-0.05, 0) is 30.3 Å². The van der Waals surface area contributed by atoms with Gasteiger partial charge in [-0.25, -0.2) is 8.78 Å². The van der Waals surface area contributed by atoms with Crippen LogP contribution in [-0.2, 0) is 0 Å². The molecule has 0 saturated carbocycles. The first-order valence-electron chi connectivity index (χ1n) is 4.70. The Morgan fingerprint density at radius 3 is 2.59 bits per heavy atom. The van der Waals surface area contributed by atoms with Gasteiger partial charge in [0.15, 0.2) is 11.6 Å². The fraction of sp³-hybridized carbons (Fsp3) is 0. The van der Waals surface area contributed by atoms with Crippen LogP contribution >= 0.6 is 11.6 Å². The van der Waals surface area contributed by atoms with Crippen molar-refractivity contribution in [1.29, 1.82) is 0 Å². The van der Waals surface area contributed by atoms with E-state index in [2.05, 4.69) is 4.98 Å². The van der Waals surface area contributed by atoms with Crippen LogP contribution in [0.25, 0.3) is 0 Å². The Bertz CT molecular complexity index is 586. The van der Waals surface area contributed by atoms with Gasteiger partial charge in [0.2, 0.25) is 5.78 Å². The van der Waals surface area contributed by atoms with Crippen LogP contribution in [0.4, 0.5) is 8.78 Å². The molecule has 0 bridgehead atoms. The van der Waals surface area contributed by atoms with E-state index in [9.17, 15) is 13.6 Å². The van der Waals surface area contributed by atoms with Gasteiger partial charge in [-0.2, -0.15) is 0 Å². The van der Waals surface area contributed by atoms with Crippen LogP contribution in [0.1, 0.15) is 16.1 Å². The average Bonchev–Trinajstić information content (AvgIpc) is 2.32. The monoisotopic (exact) mass is 253 g/mol. The van der Waals surface area contributed by atoms with Crippen molar-refractivity contribution < 1.29 is 13.6 Å². The van der Waals surface area contributed by atoms with Crippen LogP contribution in [0.5, 0.6) is 0 Å². The normalized spacial score (nSPS) is 10.3. The summed E-state index contributed by atoms with van der Waals surface area (Å²) >= 11 is 5.79. The Balaban J connectivity index is 2.44. The second kappa shape index (κ2) is 4.59. The summed E-state index contributed by atoms with van der Waals surface area (Å²) < 4.78 is 25.7. The third kappa shape index (κ3) is 2.31. The Morgan fingerprint density at radius 1 is 1.18 bits per heavy atom. The Hall–Kier alpha value is -1.81. The summed E-state index contributed by atoms with van der Waals surface area (Å²) in [4.78, 5) is 15.7. The number of pyridine rings is 1. The third-order valence-electron chi connectivity index (χ3n) is 2.16. The third-order valence-corrected chi connectivity index (χ3v) is 2.46. The molecule has 0 spiro atoms. The summed E-state index contributed by atoms with van der Waals surface area (Å²) in [6, 6.07) is 5.97. The van der Waals surface area contributed by atoms with Crippen molar-refractivity contribution in [2.75, 3.05) is 0 Å². The maximum atomic E-state index is 13.0. The number of nitrogens with zero attached hydrogens (tertiary/aromatic N) is 1. The molecule has 0 amide bonds. The lowest BCUT2D eigenvalue weighted by atomic mass is 10.1. The number of hydrogen-bond acceptors (Lipinski definition) is 2. The van der Waals surface area contributed by atoms with Crippen LogP contribution in [0.3, 0.4) is 0 Å². The standard InChI is InChI=1S/C12H6ClF2NO/c13-8-2-1-5-16-11(8)12(17)7-3-4-9(14)10(15)6-7/h1-6H. The van der Waals surface area contributed by atoms with Crippen LogP contribution in [0.15, 0.2) is 36.5 Å². The number of benzene rings is 1. The van der Waals surface area contributed by atoms with Gasteiger partial charge in [-0.15, -0.1) is 0 Å². The van der Waals surface area contributed by atoms with Crippen molar-refractivity contribution in [2.24, 2.45) is 0 Å². The minimum Gasteiger partial charge on any atom is -0.287 e. The van der Waals surface area contributed by atoms with E-state index in [-0.39, 0.29) is 16.3 Å². The zero-order valence-corrected chi connectivity index (χ0v) is 9.21. The molecule has 0 radical (unpaired) electrons. The van der Waals surface area contributed by atoms with E-state index in [0.717, 1.165) is 12.1 Å². The quantitative estimate of drug-likeness (QED) is 0.769. The molecule has 0 atom stereocenters. The van der Waals surface area contributed by atoms with E-state index in [1.165, 1.54) is 18.3 Å². The van der Waals surface area contributed by atoms with Crippen molar-refractivity contribution in [2.45, 2.75) is 0 Å². The highest BCUT2D eigenvalue weighted by Gasteiger charge is 2.15. The number of hydrogen-bond donors (Lipinski definition) is 0. The van der Waals surface area contributed by atoms with Crippen molar-refractivity contribution >= 4 is 17.4 Å². The molecular formula is C12H6ClF2NO. The molecule has 0 N–H and O–H groups in total. The van der Waals surface area contributed by atoms with E-state index < -0.39 is 17.4 Å². The van der Waals surface area contributed by atoms with E-state index in [1.54, 1.807) is 6.07 Å². The van der Waals surface area contributed by atoms with E-state index in [1.807, 2.05) is 0 Å².